The van der Waals surface area contributed by atoms with Gasteiger partial charge in [-0.3, -0.25) is 9.48 Å². The molecule has 1 aromatic heterocycles. The summed E-state index contributed by atoms with van der Waals surface area (Å²) in [6, 6.07) is 4.38. The maximum atomic E-state index is 13.8. The van der Waals surface area contributed by atoms with Crippen molar-refractivity contribution in [2.24, 2.45) is 5.92 Å². The van der Waals surface area contributed by atoms with Crippen LogP contribution in [-0.2, 0) is 6.54 Å². The normalized spacial score (nSPS) is 19.2. The topological polar surface area (TPSA) is 56.1 Å². The summed E-state index contributed by atoms with van der Waals surface area (Å²) >= 11 is 0. The van der Waals surface area contributed by atoms with Gasteiger partial charge in [-0.2, -0.15) is 5.10 Å². The molecule has 1 aromatic carbocycles. The highest BCUT2D eigenvalue weighted by molar-refractivity contribution is 5.95. The van der Waals surface area contributed by atoms with Gasteiger partial charge in [0, 0.05) is 17.8 Å². The van der Waals surface area contributed by atoms with E-state index in [9.17, 15) is 9.18 Å². The lowest BCUT2D eigenvalue weighted by molar-refractivity contribution is 0.0907. The van der Waals surface area contributed by atoms with Crippen molar-refractivity contribution in [2.45, 2.75) is 46.4 Å². The van der Waals surface area contributed by atoms with Crippen LogP contribution in [0.2, 0.25) is 0 Å². The molecule has 2 atom stereocenters. The molecule has 1 aliphatic rings. The first-order valence-electron chi connectivity index (χ1n) is 8.16. The molecule has 0 saturated carbocycles. The second-order valence-corrected chi connectivity index (χ2v) is 6.65. The Balaban J connectivity index is 1.81. The number of ether oxygens (including phenoxy) is 1. The van der Waals surface area contributed by atoms with Gasteiger partial charge in [-0.25, -0.2) is 4.39 Å². The smallest absolute Gasteiger partial charge is 0.255 e. The van der Waals surface area contributed by atoms with Gasteiger partial charge in [-0.05, 0) is 25.8 Å². The van der Waals surface area contributed by atoms with Gasteiger partial charge >= 0.3 is 0 Å². The molecule has 1 N–H and O–H groups in total. The number of para-hydroxylation sites is 1. The molecule has 3 rings (SSSR count). The second kappa shape index (κ2) is 6.26. The largest absolute Gasteiger partial charge is 0.485 e. The number of hydrogen-bond donors (Lipinski definition) is 1. The van der Waals surface area contributed by atoms with Crippen LogP contribution in [0.4, 0.5) is 4.39 Å². The van der Waals surface area contributed by atoms with Crippen molar-refractivity contribution in [3.05, 3.63) is 47.0 Å². The number of nitrogens with one attached hydrogen (secondary N) is 1. The zero-order valence-electron chi connectivity index (χ0n) is 14.3. The highest BCUT2D eigenvalue weighted by atomic mass is 19.1. The van der Waals surface area contributed by atoms with E-state index in [1.807, 2.05) is 18.5 Å². The molecule has 0 radical (unpaired) electrons. The van der Waals surface area contributed by atoms with Gasteiger partial charge in [0.25, 0.3) is 5.91 Å². The minimum absolute atomic E-state index is 0.222. The highest BCUT2D eigenvalue weighted by Crippen LogP contribution is 2.38. The molecule has 128 valence electrons. The average molecular weight is 331 g/mol. The van der Waals surface area contributed by atoms with Gasteiger partial charge in [0.05, 0.1) is 17.8 Å². The van der Waals surface area contributed by atoms with Crippen molar-refractivity contribution in [3.8, 4) is 5.75 Å². The number of aromatic nitrogens is 2. The average Bonchev–Trinajstić information content (AvgIpc) is 3.02. The van der Waals surface area contributed by atoms with E-state index in [1.54, 1.807) is 18.3 Å². The van der Waals surface area contributed by atoms with Crippen LogP contribution in [0, 0.1) is 18.7 Å². The lowest BCUT2D eigenvalue weighted by Gasteiger charge is -2.16. The van der Waals surface area contributed by atoms with E-state index in [2.05, 4.69) is 24.3 Å². The van der Waals surface area contributed by atoms with Gasteiger partial charge in [-0.1, -0.05) is 26.0 Å². The summed E-state index contributed by atoms with van der Waals surface area (Å²) in [7, 11) is 0. The summed E-state index contributed by atoms with van der Waals surface area (Å²) < 4.78 is 21.2. The molecule has 0 bridgehead atoms. The van der Waals surface area contributed by atoms with E-state index in [0.717, 1.165) is 12.2 Å². The Morgan fingerprint density at radius 1 is 1.46 bits per heavy atom. The van der Waals surface area contributed by atoms with E-state index in [-0.39, 0.29) is 23.8 Å². The van der Waals surface area contributed by atoms with Crippen LogP contribution in [0.15, 0.2) is 24.4 Å². The molecule has 5 nitrogen and oxygen atoms in total. The van der Waals surface area contributed by atoms with Crippen LogP contribution < -0.4 is 10.1 Å². The van der Waals surface area contributed by atoms with Gasteiger partial charge in [0.1, 0.15) is 6.10 Å². The monoisotopic (exact) mass is 331 g/mol. The number of rotatable bonds is 4. The van der Waals surface area contributed by atoms with Crippen molar-refractivity contribution in [2.75, 3.05) is 0 Å². The lowest BCUT2D eigenvalue weighted by Crippen LogP contribution is -2.34. The van der Waals surface area contributed by atoms with E-state index in [1.165, 1.54) is 6.07 Å². The minimum Gasteiger partial charge on any atom is -0.485 e. The fourth-order valence-corrected chi connectivity index (χ4v) is 3.02. The van der Waals surface area contributed by atoms with Crippen molar-refractivity contribution in [3.63, 3.8) is 0 Å². The van der Waals surface area contributed by atoms with E-state index < -0.39 is 5.82 Å². The van der Waals surface area contributed by atoms with Crippen LogP contribution in [0.3, 0.4) is 0 Å². The molecule has 0 spiro atoms. The van der Waals surface area contributed by atoms with Crippen LogP contribution in [0.1, 0.15) is 48.4 Å². The molecule has 0 unspecified atom stereocenters. The fraction of sp³-hybridized carbons (Fsp3) is 0.444. The molecule has 0 saturated heterocycles. The molecular weight excluding hydrogens is 309 g/mol. The Labute approximate surface area is 140 Å². The summed E-state index contributed by atoms with van der Waals surface area (Å²) in [6.07, 6.45) is 1.26. The predicted octanol–water partition coefficient (Wildman–Crippen LogP) is 3.24. The maximum Gasteiger partial charge on any atom is 0.255 e. The molecule has 24 heavy (non-hydrogen) atoms. The number of carbonyl (C=O) groups excluding carboxylic acids is 1. The maximum absolute atomic E-state index is 13.8. The zero-order valence-corrected chi connectivity index (χ0v) is 14.3. The Bertz CT molecular complexity index is 770. The summed E-state index contributed by atoms with van der Waals surface area (Å²) in [5, 5.41) is 7.25. The van der Waals surface area contributed by atoms with Crippen LogP contribution in [-0.4, -0.2) is 21.8 Å². The van der Waals surface area contributed by atoms with Crippen molar-refractivity contribution < 1.29 is 13.9 Å². The number of nitrogens with zero attached hydrogens (tertiary/aromatic N) is 2. The second-order valence-electron chi connectivity index (χ2n) is 6.65. The number of carbonyl (C=O) groups is 1. The van der Waals surface area contributed by atoms with Crippen LogP contribution in [0.5, 0.6) is 5.75 Å². The summed E-state index contributed by atoms with van der Waals surface area (Å²) in [5.41, 5.74) is 2.03. The number of hydrogen-bond acceptors (Lipinski definition) is 3. The fourth-order valence-electron chi connectivity index (χ4n) is 3.02. The number of amides is 1. The molecular formula is C18H22FN3O2. The van der Waals surface area contributed by atoms with Gasteiger partial charge in [0.15, 0.2) is 11.6 Å². The first kappa shape index (κ1) is 16.5. The first-order chi connectivity index (χ1) is 11.4. The van der Waals surface area contributed by atoms with E-state index in [0.29, 0.717) is 17.0 Å². The van der Waals surface area contributed by atoms with Crippen molar-refractivity contribution in [1.82, 2.24) is 15.1 Å². The number of benzene rings is 1. The molecule has 1 aliphatic heterocycles. The van der Waals surface area contributed by atoms with Crippen molar-refractivity contribution >= 4 is 5.91 Å². The van der Waals surface area contributed by atoms with Crippen molar-refractivity contribution in [1.29, 1.82) is 0 Å². The zero-order chi connectivity index (χ0) is 17.4. The molecule has 1 amide bonds. The first-order valence-corrected chi connectivity index (χ1v) is 8.16. The Hall–Kier alpha value is -2.37. The number of halogens is 1. The third kappa shape index (κ3) is 2.88. The SMILES string of the molecule is Cc1c(C(=O)N[C@@H]2c3cccc(F)c3O[C@@H]2C)cnn1CC(C)C. The van der Waals surface area contributed by atoms with Gasteiger partial charge in [0.2, 0.25) is 0 Å². The molecule has 2 aromatic rings. The molecule has 2 heterocycles. The molecule has 6 heteroatoms. The Kier molecular flexibility index (Phi) is 4.30. The van der Waals surface area contributed by atoms with Gasteiger partial charge in [-0.15, -0.1) is 0 Å². The minimum atomic E-state index is -0.406. The quantitative estimate of drug-likeness (QED) is 0.936. The molecule has 0 aliphatic carbocycles. The Morgan fingerprint density at radius 3 is 2.92 bits per heavy atom. The van der Waals surface area contributed by atoms with E-state index in [4.69, 9.17) is 4.74 Å². The standard InChI is InChI=1S/C18H22FN3O2/c1-10(2)9-22-11(3)14(8-20-22)18(23)21-16-12(4)24-17-13(16)6-5-7-15(17)19/h5-8,10,12,16H,9H2,1-4H3,(H,21,23)/t12-,16+/m1/s1. The lowest BCUT2D eigenvalue weighted by atomic mass is 10.0. The predicted molar refractivity (Wildman–Crippen MR) is 88.5 cm³/mol. The number of fused-ring (bicyclic) bond motifs is 1. The van der Waals surface area contributed by atoms with E-state index >= 15 is 0 Å². The third-order valence-corrected chi connectivity index (χ3v) is 4.28. The van der Waals surface area contributed by atoms with Crippen LogP contribution in [0.25, 0.3) is 0 Å². The highest BCUT2D eigenvalue weighted by Gasteiger charge is 2.34. The summed E-state index contributed by atoms with van der Waals surface area (Å²) in [6.45, 7) is 8.66. The third-order valence-electron chi connectivity index (χ3n) is 4.28. The van der Waals surface area contributed by atoms with Crippen LogP contribution >= 0.6 is 0 Å². The molecule has 0 fully saturated rings. The summed E-state index contributed by atoms with van der Waals surface area (Å²) in [4.78, 5) is 12.6. The Morgan fingerprint density at radius 2 is 2.21 bits per heavy atom. The summed E-state index contributed by atoms with van der Waals surface area (Å²) in [5.74, 6) is 0.0391. The van der Waals surface area contributed by atoms with Gasteiger partial charge < -0.3 is 10.1 Å².